The average molecular weight is 349 g/mol. The molecule has 1 heterocycles. The molecule has 1 aliphatic carbocycles. The second-order valence-corrected chi connectivity index (χ2v) is 7.66. The van der Waals surface area contributed by atoms with E-state index in [9.17, 15) is 4.79 Å². The number of likely N-dealkylation sites (tertiary alicyclic amines) is 1. The van der Waals surface area contributed by atoms with Gasteiger partial charge in [-0.25, -0.2) is 0 Å². The molecule has 98 valence electrons. The number of Topliss-reactive ketones (excluding diaryl/α,β-unsaturated/α-hetero) is 1. The lowest BCUT2D eigenvalue weighted by molar-refractivity contribution is -0.125. The minimum absolute atomic E-state index is 0.373. The first-order valence-corrected chi connectivity index (χ1v) is 8.29. The number of piperidine rings is 1. The molecular formula is C14H24INO. The zero-order valence-corrected chi connectivity index (χ0v) is 13.0. The number of hydrogen-bond donors (Lipinski definition) is 0. The van der Waals surface area contributed by atoms with Crippen molar-refractivity contribution in [2.75, 3.05) is 19.6 Å². The predicted octanol–water partition coefficient (Wildman–Crippen LogP) is 3.28. The maximum absolute atomic E-state index is 12.2. The molecule has 0 aromatic carbocycles. The quantitative estimate of drug-likeness (QED) is 0.576. The summed E-state index contributed by atoms with van der Waals surface area (Å²) in [4.78, 5) is 14.6. The van der Waals surface area contributed by atoms with Gasteiger partial charge in [0, 0.05) is 16.4 Å². The first kappa shape index (κ1) is 13.8. The fraction of sp³-hybridized carbons (Fsp3) is 0.929. The van der Waals surface area contributed by atoms with E-state index in [1.54, 1.807) is 0 Å². The number of rotatable bonds is 3. The fourth-order valence-electron chi connectivity index (χ4n) is 3.15. The maximum Gasteiger partial charge on any atom is 0.149 e. The zero-order valence-electron chi connectivity index (χ0n) is 10.8. The molecule has 0 aromatic rings. The Labute approximate surface area is 119 Å². The standard InChI is InChI=1S/C14H24INO/c1-11-3-2-8-16(9-11)10-14(17)12-4-6-13(15)7-5-12/h11-13H,2-10H2,1H3. The Hall–Kier alpha value is 0.360. The number of nitrogens with zero attached hydrogens (tertiary/aromatic N) is 1. The Bertz CT molecular complexity index is 261. The number of ketones is 1. The summed E-state index contributed by atoms with van der Waals surface area (Å²) < 4.78 is 0.812. The van der Waals surface area contributed by atoms with E-state index < -0.39 is 0 Å². The molecule has 1 aliphatic heterocycles. The van der Waals surface area contributed by atoms with E-state index in [-0.39, 0.29) is 0 Å². The molecule has 0 bridgehead atoms. The van der Waals surface area contributed by atoms with Crippen molar-refractivity contribution in [2.45, 2.75) is 49.4 Å². The molecular weight excluding hydrogens is 325 g/mol. The van der Waals surface area contributed by atoms with Crippen molar-refractivity contribution in [1.29, 1.82) is 0 Å². The van der Waals surface area contributed by atoms with Crippen LogP contribution in [0.3, 0.4) is 0 Å². The Morgan fingerprint density at radius 3 is 2.59 bits per heavy atom. The second kappa shape index (κ2) is 6.50. The van der Waals surface area contributed by atoms with Gasteiger partial charge in [-0.15, -0.1) is 0 Å². The SMILES string of the molecule is CC1CCCN(CC(=O)C2CCC(I)CC2)C1. The van der Waals surface area contributed by atoms with Gasteiger partial charge in [0.1, 0.15) is 5.78 Å². The number of hydrogen-bond acceptors (Lipinski definition) is 2. The van der Waals surface area contributed by atoms with Crippen LogP contribution in [-0.2, 0) is 4.79 Å². The summed E-state index contributed by atoms with van der Waals surface area (Å²) in [6, 6.07) is 0. The van der Waals surface area contributed by atoms with Crippen molar-refractivity contribution in [3.63, 3.8) is 0 Å². The van der Waals surface area contributed by atoms with Crippen molar-refractivity contribution >= 4 is 28.4 Å². The monoisotopic (exact) mass is 349 g/mol. The van der Waals surface area contributed by atoms with E-state index in [1.165, 1.54) is 25.7 Å². The summed E-state index contributed by atoms with van der Waals surface area (Å²) in [5.74, 6) is 1.67. The van der Waals surface area contributed by atoms with E-state index in [0.717, 1.165) is 42.3 Å². The smallest absolute Gasteiger partial charge is 0.149 e. The number of carbonyl (C=O) groups excluding carboxylic acids is 1. The topological polar surface area (TPSA) is 20.3 Å². The lowest BCUT2D eigenvalue weighted by atomic mass is 9.85. The number of carbonyl (C=O) groups is 1. The van der Waals surface area contributed by atoms with Crippen LogP contribution in [0.5, 0.6) is 0 Å². The van der Waals surface area contributed by atoms with E-state index in [4.69, 9.17) is 0 Å². The molecule has 1 saturated heterocycles. The molecule has 0 aromatic heterocycles. The minimum atomic E-state index is 0.373. The summed E-state index contributed by atoms with van der Waals surface area (Å²) in [6.45, 7) is 5.30. The molecule has 2 nitrogen and oxygen atoms in total. The molecule has 1 saturated carbocycles. The maximum atomic E-state index is 12.2. The van der Waals surface area contributed by atoms with Crippen molar-refractivity contribution in [3.8, 4) is 0 Å². The van der Waals surface area contributed by atoms with Gasteiger partial charge >= 0.3 is 0 Å². The molecule has 17 heavy (non-hydrogen) atoms. The molecule has 0 spiro atoms. The number of alkyl halides is 1. The third kappa shape index (κ3) is 4.19. The average Bonchev–Trinajstić information content (AvgIpc) is 2.29. The van der Waals surface area contributed by atoms with Gasteiger partial charge in [0.15, 0.2) is 0 Å². The highest BCUT2D eigenvalue weighted by Gasteiger charge is 2.27. The zero-order chi connectivity index (χ0) is 12.3. The van der Waals surface area contributed by atoms with Crippen LogP contribution < -0.4 is 0 Å². The molecule has 0 radical (unpaired) electrons. The second-order valence-electron chi connectivity index (χ2n) is 5.90. The van der Waals surface area contributed by atoms with Crippen LogP contribution in [-0.4, -0.2) is 34.2 Å². The van der Waals surface area contributed by atoms with Crippen LogP contribution in [0.1, 0.15) is 45.4 Å². The van der Waals surface area contributed by atoms with Gasteiger partial charge in [-0.2, -0.15) is 0 Å². The highest BCUT2D eigenvalue weighted by Crippen LogP contribution is 2.30. The van der Waals surface area contributed by atoms with E-state index in [2.05, 4.69) is 34.4 Å². The first-order valence-electron chi connectivity index (χ1n) is 7.04. The Morgan fingerprint density at radius 2 is 1.94 bits per heavy atom. The number of halogens is 1. The minimum Gasteiger partial charge on any atom is -0.298 e. The molecule has 0 N–H and O–H groups in total. The summed E-state index contributed by atoms with van der Waals surface area (Å²) in [5, 5.41) is 0. The summed E-state index contributed by atoms with van der Waals surface area (Å²) >= 11 is 2.53. The lowest BCUT2D eigenvalue weighted by Gasteiger charge is -2.32. The van der Waals surface area contributed by atoms with Crippen molar-refractivity contribution in [2.24, 2.45) is 11.8 Å². The Kier molecular flexibility index (Phi) is 5.27. The largest absolute Gasteiger partial charge is 0.298 e. The van der Waals surface area contributed by atoms with E-state index in [1.807, 2.05) is 0 Å². The Morgan fingerprint density at radius 1 is 1.24 bits per heavy atom. The first-order chi connectivity index (χ1) is 8.15. The van der Waals surface area contributed by atoms with Crippen molar-refractivity contribution in [1.82, 2.24) is 4.90 Å². The van der Waals surface area contributed by atoms with Crippen LogP contribution in [0.2, 0.25) is 0 Å². The van der Waals surface area contributed by atoms with Gasteiger partial charge in [0.2, 0.25) is 0 Å². The normalized spacial score (nSPS) is 35.8. The molecule has 1 unspecified atom stereocenters. The highest BCUT2D eigenvalue weighted by atomic mass is 127. The fourth-order valence-corrected chi connectivity index (χ4v) is 3.87. The van der Waals surface area contributed by atoms with Crippen LogP contribution in [0.25, 0.3) is 0 Å². The van der Waals surface area contributed by atoms with Crippen LogP contribution in [0, 0.1) is 11.8 Å². The van der Waals surface area contributed by atoms with Crippen LogP contribution in [0.15, 0.2) is 0 Å². The third-order valence-electron chi connectivity index (χ3n) is 4.23. The summed E-state index contributed by atoms with van der Waals surface area (Å²) in [7, 11) is 0. The summed E-state index contributed by atoms with van der Waals surface area (Å²) in [6.07, 6.45) is 7.37. The lowest BCUT2D eigenvalue weighted by Crippen LogP contribution is -2.40. The van der Waals surface area contributed by atoms with Gasteiger partial charge in [-0.05, 0) is 51.0 Å². The molecule has 2 aliphatic rings. The third-order valence-corrected chi connectivity index (χ3v) is 5.48. The van der Waals surface area contributed by atoms with Crippen LogP contribution in [0.4, 0.5) is 0 Å². The van der Waals surface area contributed by atoms with Gasteiger partial charge in [-0.3, -0.25) is 9.69 Å². The summed E-state index contributed by atoms with van der Waals surface area (Å²) in [5.41, 5.74) is 0. The van der Waals surface area contributed by atoms with Crippen molar-refractivity contribution in [3.05, 3.63) is 0 Å². The van der Waals surface area contributed by atoms with Gasteiger partial charge in [-0.1, -0.05) is 29.5 Å². The molecule has 3 heteroatoms. The van der Waals surface area contributed by atoms with E-state index >= 15 is 0 Å². The van der Waals surface area contributed by atoms with Gasteiger partial charge in [0.25, 0.3) is 0 Å². The highest BCUT2D eigenvalue weighted by molar-refractivity contribution is 14.1. The Balaban J connectivity index is 1.76. The molecule has 0 amide bonds. The predicted molar refractivity (Wildman–Crippen MR) is 79.6 cm³/mol. The van der Waals surface area contributed by atoms with Gasteiger partial charge in [0.05, 0.1) is 6.54 Å². The molecule has 2 fully saturated rings. The molecule has 1 atom stereocenters. The molecule has 2 rings (SSSR count). The van der Waals surface area contributed by atoms with Crippen LogP contribution >= 0.6 is 22.6 Å². The van der Waals surface area contributed by atoms with E-state index in [0.29, 0.717) is 11.7 Å². The van der Waals surface area contributed by atoms with Crippen molar-refractivity contribution < 1.29 is 4.79 Å². The van der Waals surface area contributed by atoms with Gasteiger partial charge < -0.3 is 0 Å².